The number of benzene rings is 1. The molecule has 6 nitrogen and oxygen atoms in total. The maximum Gasteiger partial charge on any atom is 0.349 e. The van der Waals surface area contributed by atoms with Gasteiger partial charge < -0.3 is 5.73 Å². The molecule has 4 N–H and O–H groups in total. The zero-order valence-electron chi connectivity index (χ0n) is 9.00. The smallest absolute Gasteiger partial charge is 0.349 e. The van der Waals surface area contributed by atoms with Crippen molar-refractivity contribution < 1.29 is 0 Å². The van der Waals surface area contributed by atoms with Crippen molar-refractivity contribution in [3.05, 3.63) is 44.2 Å². The number of aromatic amines is 2. The largest absolute Gasteiger partial charge is 0.397 e. The molecule has 0 unspecified atom stereocenters. The third-order valence-electron chi connectivity index (χ3n) is 2.57. The molecule has 0 aliphatic carbocycles. The van der Waals surface area contributed by atoms with Gasteiger partial charge in [-0.1, -0.05) is 0 Å². The topological polar surface area (TPSA) is 96.7 Å². The first-order valence-corrected chi connectivity index (χ1v) is 4.77. The quantitative estimate of drug-likeness (QED) is 0.592. The van der Waals surface area contributed by atoms with Crippen LogP contribution < -0.4 is 17.1 Å². The molecule has 2 rings (SSSR count). The molecule has 0 bridgehead atoms. The fraction of sp³-hybridized carbons (Fsp3) is 0.200. The average molecular weight is 220 g/mol. The predicted molar refractivity (Wildman–Crippen MR) is 60.9 cm³/mol. The van der Waals surface area contributed by atoms with E-state index in [1.807, 2.05) is 13.8 Å². The van der Waals surface area contributed by atoms with Gasteiger partial charge >= 0.3 is 11.4 Å². The van der Waals surface area contributed by atoms with Crippen molar-refractivity contribution in [2.45, 2.75) is 13.8 Å². The number of nitrogens with two attached hydrogens (primary N) is 1. The van der Waals surface area contributed by atoms with Crippen LogP contribution in [0.5, 0.6) is 0 Å². The molecule has 0 saturated carbocycles. The molecule has 2 aromatic rings. The molecule has 84 valence electrons. The van der Waals surface area contributed by atoms with Gasteiger partial charge in [-0.15, -0.1) is 0 Å². The SMILES string of the molecule is Cc1cc(N)c(-n2c(=O)[nH][nH]c2=O)cc1C. The molecule has 1 aromatic carbocycles. The van der Waals surface area contributed by atoms with E-state index < -0.39 is 11.4 Å². The van der Waals surface area contributed by atoms with E-state index in [-0.39, 0.29) is 0 Å². The van der Waals surface area contributed by atoms with Crippen LogP contribution in [0.3, 0.4) is 0 Å². The number of rotatable bonds is 1. The number of aromatic nitrogens is 3. The summed E-state index contributed by atoms with van der Waals surface area (Å²) in [5.41, 5.74) is 7.52. The molecule has 0 aliphatic rings. The van der Waals surface area contributed by atoms with Gasteiger partial charge in [-0.2, -0.15) is 0 Å². The Hall–Kier alpha value is -2.24. The summed E-state index contributed by atoms with van der Waals surface area (Å²) in [5, 5.41) is 4.42. The third-order valence-corrected chi connectivity index (χ3v) is 2.57. The van der Waals surface area contributed by atoms with Gasteiger partial charge in [-0.3, -0.25) is 0 Å². The third kappa shape index (κ3) is 1.44. The van der Waals surface area contributed by atoms with Crippen LogP contribution in [-0.4, -0.2) is 14.8 Å². The molecule has 0 spiro atoms. The molecule has 1 heterocycles. The van der Waals surface area contributed by atoms with E-state index in [1.165, 1.54) is 0 Å². The summed E-state index contributed by atoms with van der Waals surface area (Å²) in [6, 6.07) is 3.46. The molecule has 1 aromatic heterocycles. The van der Waals surface area contributed by atoms with E-state index in [2.05, 4.69) is 10.2 Å². The Morgan fingerprint density at radius 2 is 1.56 bits per heavy atom. The number of nitrogen functional groups attached to an aromatic ring is 1. The fourth-order valence-corrected chi connectivity index (χ4v) is 1.55. The minimum Gasteiger partial charge on any atom is -0.397 e. The highest BCUT2D eigenvalue weighted by Crippen LogP contribution is 2.19. The van der Waals surface area contributed by atoms with E-state index in [0.717, 1.165) is 15.7 Å². The number of nitrogens with one attached hydrogen (secondary N) is 2. The van der Waals surface area contributed by atoms with E-state index >= 15 is 0 Å². The maximum atomic E-state index is 11.4. The van der Waals surface area contributed by atoms with E-state index in [0.29, 0.717) is 11.4 Å². The summed E-state index contributed by atoms with van der Waals surface area (Å²) in [5.74, 6) is 0. The monoisotopic (exact) mass is 220 g/mol. The minimum atomic E-state index is -0.528. The van der Waals surface area contributed by atoms with E-state index in [4.69, 9.17) is 5.73 Å². The zero-order valence-corrected chi connectivity index (χ0v) is 9.00. The number of hydrogen-bond donors (Lipinski definition) is 3. The molecule has 16 heavy (non-hydrogen) atoms. The van der Waals surface area contributed by atoms with Crippen molar-refractivity contribution in [1.29, 1.82) is 0 Å². The van der Waals surface area contributed by atoms with Crippen LogP contribution >= 0.6 is 0 Å². The first-order chi connectivity index (χ1) is 7.50. The van der Waals surface area contributed by atoms with Crippen LogP contribution in [0.15, 0.2) is 21.7 Å². The van der Waals surface area contributed by atoms with E-state index in [9.17, 15) is 9.59 Å². The molecule has 0 aliphatic heterocycles. The molecule has 0 amide bonds. The fourth-order valence-electron chi connectivity index (χ4n) is 1.55. The van der Waals surface area contributed by atoms with Gasteiger partial charge in [-0.05, 0) is 37.1 Å². The highest BCUT2D eigenvalue weighted by atomic mass is 16.2. The van der Waals surface area contributed by atoms with Gasteiger partial charge in [0.2, 0.25) is 0 Å². The molecular formula is C10H12N4O2. The summed E-state index contributed by atoms with van der Waals surface area (Å²) in [4.78, 5) is 22.8. The molecule has 0 fully saturated rings. The normalized spacial score (nSPS) is 10.6. The van der Waals surface area contributed by atoms with Crippen LogP contribution in [0.25, 0.3) is 5.69 Å². The van der Waals surface area contributed by atoms with Crippen LogP contribution in [0.2, 0.25) is 0 Å². The van der Waals surface area contributed by atoms with Gasteiger partial charge in [0.15, 0.2) is 0 Å². The van der Waals surface area contributed by atoms with Crippen molar-refractivity contribution in [1.82, 2.24) is 14.8 Å². The lowest BCUT2D eigenvalue weighted by atomic mass is 10.1. The van der Waals surface area contributed by atoms with Gasteiger partial charge in [0.1, 0.15) is 0 Å². The zero-order chi connectivity index (χ0) is 11.9. The van der Waals surface area contributed by atoms with E-state index in [1.54, 1.807) is 12.1 Å². The van der Waals surface area contributed by atoms with Gasteiger partial charge in [0.25, 0.3) is 0 Å². The summed E-state index contributed by atoms with van der Waals surface area (Å²) < 4.78 is 0.974. The standard InChI is InChI=1S/C10H12N4O2/c1-5-3-7(11)8(4-6(5)2)14-9(15)12-13-10(14)16/h3-4H,11H2,1-2H3,(H,12,15)(H,13,16). The summed E-state index contributed by atoms with van der Waals surface area (Å²) in [6.45, 7) is 3.81. The highest BCUT2D eigenvalue weighted by Gasteiger charge is 2.10. The number of anilines is 1. The molecular weight excluding hydrogens is 208 g/mol. The number of H-pyrrole nitrogens is 2. The first-order valence-electron chi connectivity index (χ1n) is 4.77. The Morgan fingerprint density at radius 3 is 2.12 bits per heavy atom. The first kappa shape index (κ1) is 10.3. The van der Waals surface area contributed by atoms with Crippen molar-refractivity contribution in [3.8, 4) is 5.69 Å². The second-order valence-electron chi connectivity index (χ2n) is 3.69. The number of aryl methyl sites for hydroxylation is 2. The molecule has 6 heteroatoms. The van der Waals surface area contributed by atoms with Crippen LogP contribution in [0, 0.1) is 13.8 Å². The molecule has 0 radical (unpaired) electrons. The van der Waals surface area contributed by atoms with Crippen molar-refractivity contribution >= 4 is 5.69 Å². The molecule has 0 atom stereocenters. The maximum absolute atomic E-state index is 11.4. The van der Waals surface area contributed by atoms with Crippen LogP contribution in [-0.2, 0) is 0 Å². The lowest BCUT2D eigenvalue weighted by Gasteiger charge is -2.08. The van der Waals surface area contributed by atoms with Crippen molar-refractivity contribution in [2.75, 3.05) is 5.73 Å². The predicted octanol–water partition coefficient (Wildman–Crippen LogP) is 0.0529. The lowest BCUT2D eigenvalue weighted by molar-refractivity contribution is 0.951. The van der Waals surface area contributed by atoms with Gasteiger partial charge in [0.05, 0.1) is 11.4 Å². The summed E-state index contributed by atoms with van der Waals surface area (Å²) in [7, 11) is 0. The summed E-state index contributed by atoms with van der Waals surface area (Å²) in [6.07, 6.45) is 0. The van der Waals surface area contributed by atoms with Gasteiger partial charge in [0, 0.05) is 0 Å². The Balaban J connectivity index is 2.80. The Kier molecular flexibility index (Phi) is 2.19. The van der Waals surface area contributed by atoms with Crippen LogP contribution in [0.4, 0.5) is 5.69 Å². The Morgan fingerprint density at radius 1 is 1.06 bits per heavy atom. The van der Waals surface area contributed by atoms with Gasteiger partial charge in [-0.25, -0.2) is 24.4 Å². The number of nitrogens with zero attached hydrogens (tertiary/aromatic N) is 1. The Labute approximate surface area is 90.7 Å². The van der Waals surface area contributed by atoms with Crippen LogP contribution in [0.1, 0.15) is 11.1 Å². The lowest BCUT2D eigenvalue weighted by Crippen LogP contribution is -2.25. The second-order valence-corrected chi connectivity index (χ2v) is 3.69. The summed E-state index contributed by atoms with van der Waals surface area (Å²) >= 11 is 0. The highest BCUT2D eigenvalue weighted by molar-refractivity contribution is 5.60. The van der Waals surface area contributed by atoms with Crippen molar-refractivity contribution in [2.24, 2.45) is 0 Å². The number of hydrogen-bond acceptors (Lipinski definition) is 3. The minimum absolute atomic E-state index is 0.398. The van der Waals surface area contributed by atoms with Crippen molar-refractivity contribution in [3.63, 3.8) is 0 Å². The Bertz CT molecular complexity index is 620. The second kappa shape index (κ2) is 3.41. The average Bonchev–Trinajstić information content (AvgIpc) is 2.53. The molecule has 0 saturated heterocycles.